The number of carboxylic acids is 1. The van der Waals surface area contributed by atoms with Gasteiger partial charge in [0.25, 0.3) is 0 Å². The molecule has 0 aliphatic rings. The third-order valence-electron chi connectivity index (χ3n) is 1.47. The predicted octanol–water partition coefficient (Wildman–Crippen LogP) is 2.82. The highest BCUT2D eigenvalue weighted by Gasteiger charge is 2.08. The molecule has 3 nitrogen and oxygen atoms in total. The van der Waals surface area contributed by atoms with Gasteiger partial charge in [-0.05, 0) is 17.9 Å². The molecule has 0 fully saturated rings. The van der Waals surface area contributed by atoms with Crippen LogP contribution in [0.15, 0.2) is 21.6 Å². The number of rotatable bonds is 6. The van der Waals surface area contributed by atoms with Gasteiger partial charge in [-0.1, -0.05) is 18.7 Å². The molecule has 0 atom stereocenters. The fourth-order valence-electron chi connectivity index (χ4n) is 0.858. The first kappa shape index (κ1) is 11.5. The Bertz CT molecular complexity index is 296. The maximum absolute atomic E-state index is 10.5. The van der Waals surface area contributed by atoms with Gasteiger partial charge in [0.05, 0.1) is 0 Å². The maximum Gasteiger partial charge on any atom is 0.371 e. The zero-order valence-corrected chi connectivity index (χ0v) is 9.49. The van der Waals surface area contributed by atoms with Crippen LogP contribution in [0.3, 0.4) is 0 Å². The molecule has 5 heteroatoms. The van der Waals surface area contributed by atoms with E-state index in [4.69, 9.17) is 9.52 Å². The quantitative estimate of drug-likeness (QED) is 0.603. The van der Waals surface area contributed by atoms with Gasteiger partial charge in [0.1, 0.15) is 0 Å². The molecule has 0 amide bonds. The molecule has 0 aromatic carbocycles. The van der Waals surface area contributed by atoms with Crippen LogP contribution in [-0.4, -0.2) is 28.3 Å². The monoisotopic (exact) mass is 232 g/mol. The van der Waals surface area contributed by atoms with Crippen molar-refractivity contribution in [1.29, 1.82) is 0 Å². The Morgan fingerprint density at radius 2 is 2.29 bits per heavy atom. The van der Waals surface area contributed by atoms with E-state index in [9.17, 15) is 4.79 Å². The number of hydrogen-bond acceptors (Lipinski definition) is 4. The van der Waals surface area contributed by atoms with Gasteiger partial charge < -0.3 is 9.52 Å². The Balaban J connectivity index is 2.33. The highest BCUT2D eigenvalue weighted by molar-refractivity contribution is 8.02. The van der Waals surface area contributed by atoms with Crippen molar-refractivity contribution in [1.82, 2.24) is 0 Å². The summed E-state index contributed by atoms with van der Waals surface area (Å²) in [7, 11) is 0. The largest absolute Gasteiger partial charge is 0.475 e. The van der Waals surface area contributed by atoms with Crippen LogP contribution in [-0.2, 0) is 0 Å². The van der Waals surface area contributed by atoms with Crippen molar-refractivity contribution < 1.29 is 14.3 Å². The van der Waals surface area contributed by atoms with Gasteiger partial charge in [0, 0.05) is 11.5 Å². The van der Waals surface area contributed by atoms with E-state index in [-0.39, 0.29) is 5.76 Å². The fraction of sp³-hybridized carbons (Fsp3) is 0.444. The topological polar surface area (TPSA) is 50.4 Å². The minimum Gasteiger partial charge on any atom is -0.475 e. The molecule has 0 saturated heterocycles. The van der Waals surface area contributed by atoms with E-state index in [1.54, 1.807) is 17.8 Å². The van der Waals surface area contributed by atoms with E-state index >= 15 is 0 Å². The third kappa shape index (κ3) is 3.67. The molecule has 1 N–H and O–H groups in total. The van der Waals surface area contributed by atoms with Gasteiger partial charge in [-0.15, -0.1) is 0 Å². The van der Waals surface area contributed by atoms with Crippen LogP contribution in [0.4, 0.5) is 0 Å². The summed E-state index contributed by atoms with van der Waals surface area (Å²) >= 11 is 3.41. The first-order chi connectivity index (χ1) is 6.74. The van der Waals surface area contributed by atoms with Crippen LogP contribution < -0.4 is 0 Å². The van der Waals surface area contributed by atoms with Crippen molar-refractivity contribution in [3.05, 3.63) is 17.9 Å². The lowest BCUT2D eigenvalue weighted by Gasteiger charge is -1.96. The van der Waals surface area contributed by atoms with Gasteiger partial charge in [-0.25, -0.2) is 4.79 Å². The molecule has 0 bridgehead atoms. The van der Waals surface area contributed by atoms with Crippen LogP contribution in [0.2, 0.25) is 0 Å². The van der Waals surface area contributed by atoms with Crippen molar-refractivity contribution in [3.8, 4) is 0 Å². The van der Waals surface area contributed by atoms with E-state index < -0.39 is 5.97 Å². The minimum atomic E-state index is -1.01. The van der Waals surface area contributed by atoms with Crippen LogP contribution >= 0.6 is 23.5 Å². The van der Waals surface area contributed by atoms with Crippen LogP contribution in [0.25, 0.3) is 0 Å². The number of carbonyl (C=O) groups is 1. The molecule has 0 saturated carbocycles. The summed E-state index contributed by atoms with van der Waals surface area (Å²) in [5.74, 6) is 2.12. The first-order valence-electron chi connectivity index (χ1n) is 4.27. The van der Waals surface area contributed by atoms with Crippen LogP contribution in [0.1, 0.15) is 17.5 Å². The Hall–Kier alpha value is -0.550. The molecule has 78 valence electrons. The normalized spacial score (nSPS) is 10.4. The van der Waals surface area contributed by atoms with Crippen molar-refractivity contribution in [2.24, 2.45) is 0 Å². The number of furan rings is 1. The van der Waals surface area contributed by atoms with Crippen molar-refractivity contribution in [2.75, 3.05) is 17.3 Å². The summed E-state index contributed by atoms with van der Waals surface area (Å²) in [5, 5.41) is 9.28. The lowest BCUT2D eigenvalue weighted by molar-refractivity contribution is 0.0656. The molecular weight excluding hydrogens is 220 g/mol. The zero-order chi connectivity index (χ0) is 10.4. The van der Waals surface area contributed by atoms with Gasteiger partial charge in [-0.2, -0.15) is 11.8 Å². The fourth-order valence-corrected chi connectivity index (χ4v) is 2.47. The SMILES string of the molecule is CCSCCSc1ccc(C(=O)O)o1. The highest BCUT2D eigenvalue weighted by Crippen LogP contribution is 2.21. The van der Waals surface area contributed by atoms with Crippen LogP contribution in [0.5, 0.6) is 0 Å². The number of thioether (sulfide) groups is 2. The zero-order valence-electron chi connectivity index (χ0n) is 7.86. The second kappa shape index (κ2) is 6.03. The first-order valence-corrected chi connectivity index (χ1v) is 6.41. The van der Waals surface area contributed by atoms with E-state index in [0.717, 1.165) is 17.3 Å². The number of carboxylic acid groups (broad SMARTS) is 1. The summed E-state index contributed by atoms with van der Waals surface area (Å²) in [6.45, 7) is 2.12. The van der Waals surface area contributed by atoms with Crippen LogP contribution in [0, 0.1) is 0 Å². The molecule has 1 heterocycles. The Labute approximate surface area is 91.3 Å². The summed E-state index contributed by atoms with van der Waals surface area (Å²) < 4.78 is 5.08. The van der Waals surface area contributed by atoms with Gasteiger partial charge in [0.2, 0.25) is 5.76 Å². The lowest BCUT2D eigenvalue weighted by Crippen LogP contribution is -1.91. The van der Waals surface area contributed by atoms with Crippen molar-refractivity contribution >= 4 is 29.5 Å². The average Bonchev–Trinajstić information content (AvgIpc) is 2.61. The summed E-state index contributed by atoms with van der Waals surface area (Å²) in [5.41, 5.74) is 0. The third-order valence-corrected chi connectivity index (χ3v) is 3.54. The van der Waals surface area contributed by atoms with E-state index in [1.807, 2.05) is 11.8 Å². The van der Waals surface area contributed by atoms with Gasteiger partial charge in [-0.3, -0.25) is 0 Å². The van der Waals surface area contributed by atoms with Crippen molar-refractivity contribution in [2.45, 2.75) is 12.0 Å². The van der Waals surface area contributed by atoms with Crippen molar-refractivity contribution in [3.63, 3.8) is 0 Å². The molecule has 0 aliphatic heterocycles. The molecule has 0 radical (unpaired) electrons. The second-order valence-electron chi connectivity index (χ2n) is 2.47. The van der Waals surface area contributed by atoms with E-state index in [2.05, 4.69) is 6.92 Å². The summed E-state index contributed by atoms with van der Waals surface area (Å²) in [6, 6.07) is 3.18. The predicted molar refractivity (Wildman–Crippen MR) is 59.4 cm³/mol. The van der Waals surface area contributed by atoms with Gasteiger partial charge >= 0.3 is 5.97 Å². The minimum absolute atomic E-state index is 0.00986. The molecule has 1 rings (SSSR count). The molecule has 0 unspecified atom stereocenters. The molecular formula is C9H12O3S2. The Morgan fingerprint density at radius 1 is 1.50 bits per heavy atom. The molecule has 1 aromatic heterocycles. The lowest BCUT2D eigenvalue weighted by atomic mass is 10.5. The highest BCUT2D eigenvalue weighted by atomic mass is 32.2. The molecule has 0 aliphatic carbocycles. The number of aromatic carboxylic acids is 1. The molecule has 0 spiro atoms. The Morgan fingerprint density at radius 3 is 2.86 bits per heavy atom. The standard InChI is InChI=1S/C9H12O3S2/c1-2-13-5-6-14-8-4-3-7(12-8)9(10)11/h3-4H,2,5-6H2,1H3,(H,10,11). The van der Waals surface area contributed by atoms with E-state index in [0.29, 0.717) is 5.09 Å². The smallest absolute Gasteiger partial charge is 0.371 e. The molecule has 14 heavy (non-hydrogen) atoms. The van der Waals surface area contributed by atoms with E-state index in [1.165, 1.54) is 6.07 Å². The Kier molecular flexibility index (Phi) is 4.97. The maximum atomic E-state index is 10.5. The van der Waals surface area contributed by atoms with Gasteiger partial charge in [0.15, 0.2) is 5.09 Å². The average molecular weight is 232 g/mol. The second-order valence-corrected chi connectivity index (χ2v) is 4.96. The summed E-state index contributed by atoms with van der Waals surface area (Å²) in [6.07, 6.45) is 0. The number of hydrogen-bond donors (Lipinski definition) is 1. The summed E-state index contributed by atoms with van der Waals surface area (Å²) in [4.78, 5) is 10.5. The molecule has 1 aromatic rings.